The maximum atomic E-state index is 12.7. The number of nitrogens with zero attached hydrogens (tertiary/aromatic N) is 1. The third-order valence-corrected chi connectivity index (χ3v) is 7.84. The number of hydrogen-bond donors (Lipinski definition) is 4. The summed E-state index contributed by atoms with van der Waals surface area (Å²) in [5, 5.41) is 12.0. The lowest BCUT2D eigenvalue weighted by atomic mass is 10.0. The standard InChI is InChI=1S/C37H41N5O4/c43-35(18-22-38-27-28-10-3-1-4-11-28)39-30-14-9-15-31(26-30)40-36(44)21-25-42-23-19-32(20-24-42)46-37(45)41-34-17-8-7-16-33(34)29-12-5-2-6-13-29/h1-17,26,32,38H,18-25,27H2,(H,39,43)(H,40,44)(H,41,45). The molecule has 3 amide bonds. The Morgan fingerprint density at radius 3 is 2.04 bits per heavy atom. The van der Waals surface area contributed by atoms with Gasteiger partial charge in [0.2, 0.25) is 11.8 Å². The largest absolute Gasteiger partial charge is 0.446 e. The molecule has 238 valence electrons. The van der Waals surface area contributed by atoms with Crippen LogP contribution in [0.2, 0.25) is 0 Å². The summed E-state index contributed by atoms with van der Waals surface area (Å²) in [7, 11) is 0. The second-order valence-corrected chi connectivity index (χ2v) is 11.3. The second kappa shape index (κ2) is 16.9. The molecule has 4 aromatic carbocycles. The summed E-state index contributed by atoms with van der Waals surface area (Å²) >= 11 is 0. The molecular weight excluding hydrogens is 578 g/mol. The van der Waals surface area contributed by atoms with Gasteiger partial charge in [-0.2, -0.15) is 0 Å². The molecule has 9 heteroatoms. The Hall–Kier alpha value is -4.99. The fraction of sp³-hybridized carbons (Fsp3) is 0.270. The Bertz CT molecular complexity index is 1570. The lowest BCUT2D eigenvalue weighted by Gasteiger charge is -2.31. The zero-order valence-electron chi connectivity index (χ0n) is 25.9. The third kappa shape index (κ3) is 10.3. The summed E-state index contributed by atoms with van der Waals surface area (Å²) < 4.78 is 5.73. The molecule has 0 atom stereocenters. The monoisotopic (exact) mass is 619 g/mol. The number of carbonyl (C=O) groups is 3. The van der Waals surface area contributed by atoms with Crippen molar-refractivity contribution in [1.29, 1.82) is 0 Å². The van der Waals surface area contributed by atoms with Crippen molar-refractivity contribution in [3.05, 3.63) is 115 Å². The van der Waals surface area contributed by atoms with E-state index in [1.807, 2.05) is 84.9 Å². The highest BCUT2D eigenvalue weighted by Crippen LogP contribution is 2.28. The minimum absolute atomic E-state index is 0.0918. The highest BCUT2D eigenvalue weighted by molar-refractivity contribution is 5.94. The Balaban J connectivity index is 0.978. The average Bonchev–Trinajstić information content (AvgIpc) is 3.08. The maximum absolute atomic E-state index is 12.7. The van der Waals surface area contributed by atoms with Gasteiger partial charge >= 0.3 is 6.09 Å². The van der Waals surface area contributed by atoms with Gasteiger partial charge in [-0.3, -0.25) is 14.9 Å². The summed E-state index contributed by atoms with van der Waals surface area (Å²) in [5.74, 6) is -0.186. The van der Waals surface area contributed by atoms with Gasteiger partial charge in [0.05, 0.1) is 5.69 Å². The van der Waals surface area contributed by atoms with E-state index >= 15 is 0 Å². The van der Waals surface area contributed by atoms with E-state index < -0.39 is 6.09 Å². The number of piperidine rings is 1. The highest BCUT2D eigenvalue weighted by Gasteiger charge is 2.23. The van der Waals surface area contributed by atoms with Crippen molar-refractivity contribution in [2.45, 2.75) is 38.3 Å². The number of amides is 3. The predicted octanol–water partition coefficient (Wildman–Crippen LogP) is 6.51. The highest BCUT2D eigenvalue weighted by atomic mass is 16.6. The van der Waals surface area contributed by atoms with Crippen molar-refractivity contribution >= 4 is 35.0 Å². The fourth-order valence-corrected chi connectivity index (χ4v) is 5.41. The van der Waals surface area contributed by atoms with Crippen molar-refractivity contribution in [2.24, 2.45) is 0 Å². The predicted molar refractivity (Wildman–Crippen MR) is 183 cm³/mol. The van der Waals surface area contributed by atoms with Gasteiger partial charge in [0.15, 0.2) is 0 Å². The molecule has 1 aliphatic heterocycles. The summed E-state index contributed by atoms with van der Waals surface area (Å²) in [6.07, 6.45) is 1.47. The van der Waals surface area contributed by atoms with Crippen LogP contribution in [0.4, 0.5) is 21.9 Å². The number of benzene rings is 4. The molecule has 0 saturated carbocycles. The van der Waals surface area contributed by atoms with E-state index in [9.17, 15) is 14.4 Å². The molecule has 1 fully saturated rings. The molecule has 9 nitrogen and oxygen atoms in total. The van der Waals surface area contributed by atoms with Crippen LogP contribution in [0.1, 0.15) is 31.2 Å². The van der Waals surface area contributed by atoms with Crippen LogP contribution in [-0.2, 0) is 20.9 Å². The molecule has 5 rings (SSSR count). The van der Waals surface area contributed by atoms with Crippen LogP contribution in [0.25, 0.3) is 11.1 Å². The van der Waals surface area contributed by atoms with Crippen LogP contribution in [0.15, 0.2) is 109 Å². The molecule has 1 heterocycles. The van der Waals surface area contributed by atoms with Crippen molar-refractivity contribution < 1.29 is 19.1 Å². The summed E-state index contributed by atoms with van der Waals surface area (Å²) in [4.78, 5) is 40.0. The number of likely N-dealkylation sites (tertiary alicyclic amines) is 1. The molecule has 0 unspecified atom stereocenters. The lowest BCUT2D eigenvalue weighted by molar-refractivity contribution is -0.117. The van der Waals surface area contributed by atoms with Crippen molar-refractivity contribution in [2.75, 3.05) is 42.1 Å². The lowest BCUT2D eigenvalue weighted by Crippen LogP contribution is -2.39. The smallest absolute Gasteiger partial charge is 0.411 e. The van der Waals surface area contributed by atoms with Crippen LogP contribution in [0.5, 0.6) is 0 Å². The molecule has 4 N–H and O–H groups in total. The number of para-hydroxylation sites is 1. The zero-order valence-corrected chi connectivity index (χ0v) is 25.9. The van der Waals surface area contributed by atoms with Gasteiger partial charge in [-0.1, -0.05) is 84.9 Å². The molecule has 1 aliphatic rings. The summed E-state index contributed by atoms with van der Waals surface area (Å²) in [5.41, 5.74) is 5.12. The Morgan fingerprint density at radius 1 is 0.696 bits per heavy atom. The SMILES string of the molecule is O=C(CCNCc1ccccc1)Nc1cccc(NC(=O)CCN2CCC(OC(=O)Nc3ccccc3-c3ccccc3)CC2)c1. The first-order chi connectivity index (χ1) is 22.5. The van der Waals surface area contributed by atoms with Gasteiger partial charge in [0.1, 0.15) is 6.10 Å². The second-order valence-electron chi connectivity index (χ2n) is 11.3. The van der Waals surface area contributed by atoms with Crippen LogP contribution in [0, 0.1) is 0 Å². The minimum Gasteiger partial charge on any atom is -0.446 e. The third-order valence-electron chi connectivity index (χ3n) is 7.84. The van der Waals surface area contributed by atoms with Crippen LogP contribution < -0.4 is 21.3 Å². The number of carbonyl (C=O) groups excluding carboxylic acids is 3. The van der Waals surface area contributed by atoms with Gasteiger partial charge < -0.3 is 25.6 Å². The quantitative estimate of drug-likeness (QED) is 0.127. The Kier molecular flexibility index (Phi) is 11.9. The van der Waals surface area contributed by atoms with Crippen LogP contribution >= 0.6 is 0 Å². The summed E-state index contributed by atoms with van der Waals surface area (Å²) in [6.45, 7) is 3.38. The first-order valence-electron chi connectivity index (χ1n) is 15.8. The first kappa shape index (κ1) is 32.4. The fourth-order valence-electron chi connectivity index (χ4n) is 5.41. The molecule has 0 radical (unpaired) electrons. The van der Waals surface area contributed by atoms with E-state index in [4.69, 9.17) is 4.74 Å². The maximum Gasteiger partial charge on any atom is 0.411 e. The first-order valence-corrected chi connectivity index (χ1v) is 15.8. The molecule has 0 aromatic heterocycles. The van der Waals surface area contributed by atoms with Gasteiger partial charge in [0.25, 0.3) is 0 Å². The van der Waals surface area contributed by atoms with Crippen molar-refractivity contribution in [1.82, 2.24) is 10.2 Å². The van der Waals surface area contributed by atoms with E-state index in [-0.39, 0.29) is 17.9 Å². The molecule has 46 heavy (non-hydrogen) atoms. The molecule has 1 saturated heterocycles. The number of ether oxygens (including phenoxy) is 1. The Labute approximate surface area is 270 Å². The van der Waals surface area contributed by atoms with Crippen molar-refractivity contribution in [3.8, 4) is 11.1 Å². The van der Waals surface area contributed by atoms with Gasteiger partial charge in [0, 0.05) is 62.5 Å². The van der Waals surface area contributed by atoms with Crippen molar-refractivity contribution in [3.63, 3.8) is 0 Å². The van der Waals surface area contributed by atoms with E-state index in [0.29, 0.717) is 62.4 Å². The van der Waals surface area contributed by atoms with Gasteiger partial charge in [-0.25, -0.2) is 4.79 Å². The Morgan fingerprint density at radius 2 is 1.33 bits per heavy atom. The number of anilines is 3. The van der Waals surface area contributed by atoms with Crippen LogP contribution in [0.3, 0.4) is 0 Å². The molecule has 4 aromatic rings. The minimum atomic E-state index is -0.459. The van der Waals surface area contributed by atoms with Crippen LogP contribution in [-0.4, -0.2) is 55.1 Å². The molecule has 0 bridgehead atoms. The van der Waals surface area contributed by atoms with E-state index in [0.717, 1.165) is 24.2 Å². The summed E-state index contributed by atoms with van der Waals surface area (Å²) in [6, 6.07) is 34.8. The van der Waals surface area contributed by atoms with E-state index in [1.165, 1.54) is 5.56 Å². The molecule has 0 aliphatic carbocycles. The number of nitrogens with one attached hydrogen (secondary N) is 4. The zero-order chi connectivity index (χ0) is 32.0. The number of hydrogen-bond acceptors (Lipinski definition) is 6. The van der Waals surface area contributed by atoms with Gasteiger partial charge in [-0.05, 0) is 48.2 Å². The van der Waals surface area contributed by atoms with Gasteiger partial charge in [-0.15, -0.1) is 0 Å². The number of rotatable bonds is 13. The topological polar surface area (TPSA) is 112 Å². The molecule has 0 spiro atoms. The molecular formula is C37H41N5O4. The van der Waals surface area contributed by atoms with E-state index in [1.54, 1.807) is 24.3 Å². The van der Waals surface area contributed by atoms with E-state index in [2.05, 4.69) is 26.2 Å². The average molecular weight is 620 g/mol. The normalized spacial score (nSPS) is 13.5.